The number of esters is 5. The molecule has 0 aromatic heterocycles. The van der Waals surface area contributed by atoms with Crippen LogP contribution in [-0.2, 0) is 57.1 Å². The summed E-state index contributed by atoms with van der Waals surface area (Å²) in [6, 6.07) is 0. The normalized spacial score (nSPS) is 25.8. The largest absolute Gasteiger partial charge is 0.468 e. The Morgan fingerprint density at radius 3 is 1.70 bits per heavy atom. The minimum atomic E-state index is -1.64. The summed E-state index contributed by atoms with van der Waals surface area (Å²) in [4.78, 5) is 59.5. The van der Waals surface area contributed by atoms with E-state index < -0.39 is 66.3 Å². The molecule has 0 N–H and O–H groups in total. The van der Waals surface area contributed by atoms with Gasteiger partial charge in [0.1, 0.15) is 12.7 Å². The van der Waals surface area contributed by atoms with Crippen LogP contribution in [0.25, 0.3) is 0 Å². The van der Waals surface area contributed by atoms with Crippen LogP contribution in [-0.4, -0.2) is 82.4 Å². The molecule has 12 heteroatoms. The molecule has 0 saturated carbocycles. The van der Waals surface area contributed by atoms with Crippen LogP contribution >= 0.6 is 0 Å². The van der Waals surface area contributed by atoms with Crippen molar-refractivity contribution in [2.45, 2.75) is 45.4 Å². The van der Waals surface area contributed by atoms with Gasteiger partial charge in [0.05, 0.1) is 20.1 Å². The van der Waals surface area contributed by atoms with E-state index in [2.05, 4.69) is 9.47 Å². The van der Waals surface area contributed by atoms with Crippen LogP contribution in [0.4, 0.5) is 0 Å². The number of carbonyl (C=O) groups excluding carboxylic acids is 5. The van der Waals surface area contributed by atoms with Gasteiger partial charge in [0, 0.05) is 27.9 Å². The van der Waals surface area contributed by atoms with Gasteiger partial charge in [-0.2, -0.15) is 0 Å². The van der Waals surface area contributed by atoms with Crippen molar-refractivity contribution in [3.05, 3.63) is 0 Å². The van der Waals surface area contributed by atoms with E-state index in [9.17, 15) is 24.0 Å². The van der Waals surface area contributed by atoms with Crippen molar-refractivity contribution in [1.29, 1.82) is 0 Å². The second-order valence-electron chi connectivity index (χ2n) is 6.33. The van der Waals surface area contributed by atoms with E-state index in [0.717, 1.165) is 35.0 Å². The van der Waals surface area contributed by atoms with Crippen molar-refractivity contribution in [1.82, 2.24) is 0 Å². The highest BCUT2D eigenvalue weighted by atomic mass is 16.7. The molecule has 5 atom stereocenters. The van der Waals surface area contributed by atoms with Crippen LogP contribution in [0.1, 0.15) is 20.8 Å². The fourth-order valence-electron chi connectivity index (χ4n) is 3.16. The zero-order valence-electron chi connectivity index (χ0n) is 17.6. The van der Waals surface area contributed by atoms with Crippen LogP contribution in [0.3, 0.4) is 0 Å². The van der Waals surface area contributed by atoms with E-state index in [4.69, 9.17) is 23.7 Å². The standard InChI is InChI=1S/C18H26O12/c1-8(19)27-7-11-14(28-9(2)20)15(29-10(3)21)12(18(26-6)30-11)13(16(22)24-4)17(23)25-5/h11-15,18H,7H2,1-6H3/t11?,12?,14-,15?,18+/m1/s1. The third kappa shape index (κ3) is 6.39. The molecule has 3 unspecified atom stereocenters. The molecule has 12 nitrogen and oxygen atoms in total. The Morgan fingerprint density at radius 2 is 1.30 bits per heavy atom. The highest BCUT2D eigenvalue weighted by Crippen LogP contribution is 2.37. The smallest absolute Gasteiger partial charge is 0.320 e. The number of hydrogen-bond acceptors (Lipinski definition) is 12. The van der Waals surface area contributed by atoms with Crippen molar-refractivity contribution in [3.63, 3.8) is 0 Å². The average Bonchev–Trinajstić information content (AvgIpc) is 2.67. The Hall–Kier alpha value is -2.73. The van der Waals surface area contributed by atoms with Gasteiger partial charge >= 0.3 is 29.8 Å². The number of methoxy groups -OCH3 is 3. The van der Waals surface area contributed by atoms with Crippen LogP contribution in [0.5, 0.6) is 0 Å². The number of hydrogen-bond donors (Lipinski definition) is 0. The monoisotopic (exact) mass is 434 g/mol. The lowest BCUT2D eigenvalue weighted by atomic mass is 9.80. The molecule has 0 radical (unpaired) electrons. The zero-order valence-corrected chi connectivity index (χ0v) is 17.6. The molecule has 0 bridgehead atoms. The van der Waals surface area contributed by atoms with Crippen LogP contribution < -0.4 is 0 Å². The number of rotatable bonds is 8. The Morgan fingerprint density at radius 1 is 0.800 bits per heavy atom. The maximum atomic E-state index is 12.4. The Bertz CT molecular complexity index is 644. The molecule has 1 fully saturated rings. The van der Waals surface area contributed by atoms with Crippen molar-refractivity contribution >= 4 is 29.8 Å². The van der Waals surface area contributed by atoms with Crippen molar-refractivity contribution in [3.8, 4) is 0 Å². The van der Waals surface area contributed by atoms with Crippen molar-refractivity contribution in [2.75, 3.05) is 27.9 Å². The minimum Gasteiger partial charge on any atom is -0.468 e. The summed E-state index contributed by atoms with van der Waals surface area (Å²) in [5, 5.41) is 0. The quantitative estimate of drug-likeness (QED) is 0.272. The summed E-state index contributed by atoms with van der Waals surface area (Å²) in [6.07, 6.45) is -5.17. The maximum absolute atomic E-state index is 12.4. The molecule has 1 heterocycles. The van der Waals surface area contributed by atoms with Gasteiger partial charge < -0.3 is 33.2 Å². The summed E-state index contributed by atoms with van der Waals surface area (Å²) < 4.78 is 35.9. The predicted molar refractivity (Wildman–Crippen MR) is 94.4 cm³/mol. The first-order chi connectivity index (χ1) is 14.1. The molecule has 1 aliphatic heterocycles. The molecule has 0 amide bonds. The first kappa shape index (κ1) is 25.3. The van der Waals surface area contributed by atoms with Gasteiger partial charge in [0.25, 0.3) is 0 Å². The van der Waals surface area contributed by atoms with Crippen molar-refractivity contribution in [2.24, 2.45) is 11.8 Å². The lowest BCUT2D eigenvalue weighted by Crippen LogP contribution is -2.62. The first-order valence-corrected chi connectivity index (χ1v) is 8.89. The predicted octanol–water partition coefficient (Wildman–Crippen LogP) is -0.637. The number of ether oxygens (including phenoxy) is 7. The molecule has 0 aliphatic carbocycles. The lowest BCUT2D eigenvalue weighted by Gasteiger charge is -2.45. The first-order valence-electron chi connectivity index (χ1n) is 8.89. The van der Waals surface area contributed by atoms with Crippen LogP contribution in [0, 0.1) is 11.8 Å². The molecule has 170 valence electrons. The van der Waals surface area contributed by atoms with Crippen molar-refractivity contribution < 1.29 is 57.1 Å². The summed E-state index contributed by atoms with van der Waals surface area (Å²) in [5.74, 6) is -7.15. The molecule has 1 rings (SSSR count). The molecular formula is C18H26O12. The van der Waals surface area contributed by atoms with Gasteiger partial charge in [-0.1, -0.05) is 0 Å². The summed E-state index contributed by atoms with van der Waals surface area (Å²) in [5.41, 5.74) is 0. The van der Waals surface area contributed by atoms with Gasteiger partial charge in [0.2, 0.25) is 0 Å². The molecule has 30 heavy (non-hydrogen) atoms. The highest BCUT2D eigenvalue weighted by Gasteiger charge is 2.57. The van der Waals surface area contributed by atoms with Gasteiger partial charge in [-0.15, -0.1) is 0 Å². The third-order valence-corrected chi connectivity index (χ3v) is 4.28. The lowest BCUT2D eigenvalue weighted by molar-refractivity contribution is -0.293. The van der Waals surface area contributed by atoms with E-state index in [1.165, 1.54) is 7.11 Å². The van der Waals surface area contributed by atoms with Gasteiger partial charge in [-0.05, 0) is 0 Å². The van der Waals surface area contributed by atoms with E-state index in [-0.39, 0.29) is 6.61 Å². The highest BCUT2D eigenvalue weighted by molar-refractivity contribution is 5.95. The summed E-state index contributed by atoms with van der Waals surface area (Å²) in [6.45, 7) is 2.97. The Kier molecular flexibility index (Phi) is 9.66. The SMILES string of the molecule is COC(=O)C(C(=O)OC)C1C(OC(C)=O)[C@H](OC(C)=O)C(COC(C)=O)O[C@@H]1OC. The average molecular weight is 434 g/mol. The fourth-order valence-corrected chi connectivity index (χ4v) is 3.16. The molecular weight excluding hydrogens is 408 g/mol. The fraction of sp³-hybridized carbons (Fsp3) is 0.722. The molecule has 1 aliphatic rings. The maximum Gasteiger partial charge on any atom is 0.320 e. The third-order valence-electron chi connectivity index (χ3n) is 4.28. The minimum absolute atomic E-state index is 0.376. The van der Waals surface area contributed by atoms with Gasteiger partial charge in [0.15, 0.2) is 24.4 Å². The zero-order chi connectivity index (χ0) is 23.0. The van der Waals surface area contributed by atoms with E-state index >= 15 is 0 Å². The topological polar surface area (TPSA) is 150 Å². The van der Waals surface area contributed by atoms with E-state index in [1.807, 2.05) is 0 Å². The second kappa shape index (κ2) is 11.5. The summed E-state index contributed by atoms with van der Waals surface area (Å²) >= 11 is 0. The van der Waals surface area contributed by atoms with E-state index in [1.54, 1.807) is 0 Å². The summed E-state index contributed by atoms with van der Waals surface area (Å²) in [7, 11) is 3.33. The molecule has 0 spiro atoms. The second-order valence-corrected chi connectivity index (χ2v) is 6.33. The van der Waals surface area contributed by atoms with Crippen LogP contribution in [0.2, 0.25) is 0 Å². The number of carbonyl (C=O) groups is 5. The Labute approximate surface area is 173 Å². The van der Waals surface area contributed by atoms with E-state index in [0.29, 0.717) is 0 Å². The van der Waals surface area contributed by atoms with Gasteiger partial charge in [-0.25, -0.2) is 0 Å². The van der Waals surface area contributed by atoms with Gasteiger partial charge in [-0.3, -0.25) is 24.0 Å². The van der Waals surface area contributed by atoms with Crippen LogP contribution in [0.15, 0.2) is 0 Å². The molecule has 0 aromatic rings. The Balaban J connectivity index is 3.52. The molecule has 0 aromatic carbocycles. The molecule has 1 saturated heterocycles.